The molecule has 1 aliphatic carbocycles. The Morgan fingerprint density at radius 2 is 2.25 bits per heavy atom. The summed E-state index contributed by atoms with van der Waals surface area (Å²) in [5.41, 5.74) is 1.64. The van der Waals surface area contributed by atoms with Crippen LogP contribution in [0.3, 0.4) is 0 Å². The van der Waals surface area contributed by atoms with Crippen molar-refractivity contribution in [3.63, 3.8) is 0 Å². The number of halogens is 1. The Hall–Kier alpha value is -1.32. The highest BCUT2D eigenvalue weighted by molar-refractivity contribution is 7.12. The van der Waals surface area contributed by atoms with E-state index in [-0.39, 0.29) is 11.3 Å². The summed E-state index contributed by atoms with van der Waals surface area (Å²) in [7, 11) is 0. The highest BCUT2D eigenvalue weighted by Crippen LogP contribution is 2.66. The maximum Gasteiger partial charge on any atom is 0.235 e. The number of thiophene rings is 1. The van der Waals surface area contributed by atoms with E-state index in [0.29, 0.717) is 10.9 Å². The van der Waals surface area contributed by atoms with Crippen LogP contribution in [0.4, 0.5) is 5.69 Å². The molecule has 0 radical (unpaired) electrons. The number of anilines is 1. The molecular weight excluding hydrogens is 290 g/mol. The summed E-state index contributed by atoms with van der Waals surface area (Å²) in [4.78, 5) is 15.1. The van der Waals surface area contributed by atoms with Gasteiger partial charge >= 0.3 is 0 Å². The van der Waals surface area contributed by atoms with Gasteiger partial charge in [-0.3, -0.25) is 4.79 Å². The number of benzene rings is 1. The molecule has 2 aromatic rings. The normalized spacial score (nSPS) is 26.7. The zero-order valence-corrected chi connectivity index (χ0v) is 12.6. The number of hydrogen-bond donors (Lipinski definition) is 1. The van der Waals surface area contributed by atoms with E-state index in [0.717, 1.165) is 24.1 Å². The van der Waals surface area contributed by atoms with Crippen molar-refractivity contribution in [3.05, 3.63) is 50.7 Å². The molecule has 2 atom stereocenters. The predicted octanol–water partition coefficient (Wildman–Crippen LogP) is 4.34. The molecule has 1 spiro atoms. The summed E-state index contributed by atoms with van der Waals surface area (Å²) in [6, 6.07) is 10.0. The third-order valence-electron chi connectivity index (χ3n) is 4.45. The van der Waals surface area contributed by atoms with Crippen LogP contribution in [0.15, 0.2) is 30.3 Å². The van der Waals surface area contributed by atoms with E-state index in [1.807, 2.05) is 29.5 Å². The first kappa shape index (κ1) is 12.4. The van der Waals surface area contributed by atoms with Crippen LogP contribution >= 0.6 is 22.9 Å². The molecule has 20 heavy (non-hydrogen) atoms. The standard InChI is InChI=1S/C16H14ClNOS/c1-2-10-4-6-14(20-10)12-8-16(12)11-7-9(17)3-5-13(11)18-15(16)19/h3-7,12H,2,8H2,1H3,(H,18,19)/t12-,16-/m1/s1. The third-order valence-corrected chi connectivity index (χ3v) is 6.03. The fourth-order valence-electron chi connectivity index (χ4n) is 3.28. The van der Waals surface area contributed by atoms with Crippen molar-refractivity contribution in [1.29, 1.82) is 0 Å². The van der Waals surface area contributed by atoms with Crippen LogP contribution in [0.1, 0.15) is 34.6 Å². The van der Waals surface area contributed by atoms with E-state index in [2.05, 4.69) is 24.4 Å². The Bertz CT molecular complexity index is 723. The Kier molecular flexibility index (Phi) is 2.54. The molecule has 1 amide bonds. The average molecular weight is 304 g/mol. The van der Waals surface area contributed by atoms with E-state index >= 15 is 0 Å². The van der Waals surface area contributed by atoms with E-state index in [4.69, 9.17) is 11.6 Å². The molecule has 0 unspecified atom stereocenters. The minimum atomic E-state index is -0.365. The SMILES string of the molecule is CCc1ccc([C@H]2C[C@]23C(=O)Nc2ccc(Cl)cc23)s1. The molecule has 2 heterocycles. The lowest BCUT2D eigenvalue weighted by molar-refractivity contribution is -0.118. The van der Waals surface area contributed by atoms with Crippen molar-refractivity contribution in [3.8, 4) is 0 Å². The molecule has 102 valence electrons. The first-order valence-electron chi connectivity index (χ1n) is 6.85. The smallest absolute Gasteiger partial charge is 0.235 e. The van der Waals surface area contributed by atoms with Crippen molar-refractivity contribution < 1.29 is 4.79 Å². The summed E-state index contributed by atoms with van der Waals surface area (Å²) in [5.74, 6) is 0.443. The zero-order chi connectivity index (χ0) is 13.9. The maximum absolute atomic E-state index is 12.4. The highest BCUT2D eigenvalue weighted by Gasteiger charge is 2.65. The van der Waals surface area contributed by atoms with Gasteiger partial charge in [0.25, 0.3) is 0 Å². The molecule has 1 fully saturated rings. The Morgan fingerprint density at radius 1 is 1.40 bits per heavy atom. The zero-order valence-electron chi connectivity index (χ0n) is 11.1. The number of carbonyl (C=O) groups excluding carboxylic acids is 1. The number of hydrogen-bond acceptors (Lipinski definition) is 2. The van der Waals surface area contributed by atoms with E-state index < -0.39 is 0 Å². The molecule has 1 aromatic heterocycles. The van der Waals surface area contributed by atoms with Gasteiger partial charge in [-0.1, -0.05) is 18.5 Å². The number of nitrogens with one attached hydrogen (secondary N) is 1. The number of fused-ring (bicyclic) bond motifs is 2. The summed E-state index contributed by atoms with van der Waals surface area (Å²) in [6.45, 7) is 2.16. The van der Waals surface area contributed by atoms with E-state index in [1.54, 1.807) is 0 Å². The quantitative estimate of drug-likeness (QED) is 0.878. The molecule has 1 aromatic carbocycles. The lowest BCUT2D eigenvalue weighted by Gasteiger charge is -2.07. The fraction of sp³-hybridized carbons (Fsp3) is 0.312. The van der Waals surface area contributed by atoms with Crippen LogP contribution in [0.25, 0.3) is 0 Å². The largest absolute Gasteiger partial charge is 0.325 e. The van der Waals surface area contributed by atoms with Crippen molar-refractivity contribution in [2.45, 2.75) is 31.1 Å². The molecule has 2 nitrogen and oxygen atoms in total. The van der Waals surface area contributed by atoms with Crippen molar-refractivity contribution in [2.75, 3.05) is 5.32 Å². The molecule has 1 saturated carbocycles. The highest BCUT2D eigenvalue weighted by atomic mass is 35.5. The predicted molar refractivity (Wildman–Crippen MR) is 82.8 cm³/mol. The second kappa shape index (κ2) is 4.09. The molecule has 4 rings (SSSR count). The fourth-order valence-corrected chi connectivity index (χ4v) is 4.60. The second-order valence-corrected chi connectivity index (χ2v) is 7.17. The minimum Gasteiger partial charge on any atom is -0.325 e. The first-order chi connectivity index (χ1) is 9.65. The molecular formula is C16H14ClNOS. The number of amides is 1. The number of carbonyl (C=O) groups is 1. The lowest BCUT2D eigenvalue weighted by atomic mass is 9.94. The Balaban J connectivity index is 1.77. The molecule has 2 aliphatic rings. The van der Waals surface area contributed by atoms with Gasteiger partial charge in [-0.2, -0.15) is 0 Å². The third kappa shape index (κ3) is 1.54. The van der Waals surface area contributed by atoms with Crippen LogP contribution in [0.2, 0.25) is 5.02 Å². The summed E-state index contributed by atoms with van der Waals surface area (Å²) in [6.07, 6.45) is 1.95. The topological polar surface area (TPSA) is 29.1 Å². The van der Waals surface area contributed by atoms with Crippen LogP contribution in [0, 0.1) is 0 Å². The van der Waals surface area contributed by atoms with Gasteiger partial charge in [-0.15, -0.1) is 11.3 Å². The summed E-state index contributed by atoms with van der Waals surface area (Å²) < 4.78 is 0. The van der Waals surface area contributed by atoms with Gasteiger partial charge in [0, 0.05) is 26.4 Å². The van der Waals surface area contributed by atoms with Crippen molar-refractivity contribution in [2.24, 2.45) is 0 Å². The number of rotatable bonds is 2. The van der Waals surface area contributed by atoms with E-state index in [9.17, 15) is 4.79 Å². The van der Waals surface area contributed by atoms with Gasteiger partial charge in [0.1, 0.15) is 0 Å². The van der Waals surface area contributed by atoms with E-state index in [1.165, 1.54) is 9.75 Å². The molecule has 0 bridgehead atoms. The van der Waals surface area contributed by atoms with Gasteiger partial charge in [0.15, 0.2) is 0 Å². The molecule has 1 N–H and O–H groups in total. The Labute approximate surface area is 126 Å². The summed E-state index contributed by atoms with van der Waals surface area (Å²) in [5, 5.41) is 3.70. The van der Waals surface area contributed by atoms with Gasteiger partial charge < -0.3 is 5.32 Å². The monoisotopic (exact) mass is 303 g/mol. The lowest BCUT2D eigenvalue weighted by Crippen LogP contribution is -2.20. The van der Waals surface area contributed by atoms with Crippen LogP contribution < -0.4 is 5.32 Å². The molecule has 1 aliphatic heterocycles. The van der Waals surface area contributed by atoms with Gasteiger partial charge in [0.05, 0.1) is 5.41 Å². The van der Waals surface area contributed by atoms with Gasteiger partial charge in [0.2, 0.25) is 5.91 Å². The van der Waals surface area contributed by atoms with Crippen LogP contribution in [-0.2, 0) is 16.6 Å². The first-order valence-corrected chi connectivity index (χ1v) is 8.04. The van der Waals surface area contributed by atoms with Crippen molar-refractivity contribution >= 4 is 34.5 Å². The van der Waals surface area contributed by atoms with Crippen molar-refractivity contribution in [1.82, 2.24) is 0 Å². The minimum absolute atomic E-state index is 0.131. The number of aryl methyl sites for hydroxylation is 1. The second-order valence-electron chi connectivity index (χ2n) is 5.53. The Morgan fingerprint density at radius 3 is 3.00 bits per heavy atom. The van der Waals surface area contributed by atoms with Gasteiger partial charge in [-0.25, -0.2) is 0 Å². The maximum atomic E-state index is 12.4. The van der Waals surface area contributed by atoms with Crippen LogP contribution in [-0.4, -0.2) is 5.91 Å². The van der Waals surface area contributed by atoms with Gasteiger partial charge in [-0.05, 0) is 48.7 Å². The molecule has 0 saturated heterocycles. The summed E-state index contributed by atoms with van der Waals surface area (Å²) >= 11 is 7.94. The average Bonchev–Trinajstić information content (AvgIpc) is 2.91. The molecule has 4 heteroatoms. The van der Waals surface area contributed by atoms with Crippen LogP contribution in [0.5, 0.6) is 0 Å².